The predicted octanol–water partition coefficient (Wildman–Crippen LogP) is 2.43. The average Bonchev–Trinajstić information content (AvgIpc) is 1.89. The number of hydrogen-bond donors (Lipinski definition) is 0. The minimum absolute atomic E-state index is 1.10. The van der Waals surface area contributed by atoms with Gasteiger partial charge in [-0.3, -0.25) is 4.99 Å². The molecule has 0 aromatic rings. The Hall–Kier alpha value is -0.590. The number of hydrogen-bond acceptors (Lipinski definition) is 1. The van der Waals surface area contributed by atoms with E-state index in [9.17, 15) is 0 Å². The molecule has 0 saturated heterocycles. The Bertz CT molecular complexity index is 112. The van der Waals surface area contributed by atoms with Gasteiger partial charge in [0.25, 0.3) is 0 Å². The molecule has 52 valence electrons. The molecule has 0 bridgehead atoms. The molecule has 0 rings (SSSR count). The van der Waals surface area contributed by atoms with Crippen LogP contribution in [-0.2, 0) is 0 Å². The fraction of sp³-hybridized carbons (Fsp3) is 0.625. The maximum Gasteiger partial charge on any atom is 0.0276 e. The van der Waals surface area contributed by atoms with E-state index in [1.54, 1.807) is 0 Å². The van der Waals surface area contributed by atoms with Crippen molar-refractivity contribution in [2.45, 2.75) is 26.7 Å². The minimum Gasteiger partial charge on any atom is -0.298 e. The predicted molar refractivity (Wildman–Crippen MR) is 43.1 cm³/mol. The van der Waals surface area contributed by atoms with Gasteiger partial charge in [-0.05, 0) is 26.7 Å². The van der Waals surface area contributed by atoms with Gasteiger partial charge in [0.2, 0.25) is 0 Å². The van der Waals surface area contributed by atoms with Crippen LogP contribution >= 0.6 is 0 Å². The summed E-state index contributed by atoms with van der Waals surface area (Å²) in [5, 5.41) is 0. The van der Waals surface area contributed by atoms with E-state index in [0.29, 0.717) is 0 Å². The summed E-state index contributed by atoms with van der Waals surface area (Å²) in [7, 11) is 1.84. The van der Waals surface area contributed by atoms with Crippen molar-refractivity contribution in [1.82, 2.24) is 0 Å². The Morgan fingerprint density at radius 1 is 1.56 bits per heavy atom. The third-order valence-electron chi connectivity index (χ3n) is 1.29. The molecule has 0 amide bonds. The van der Waals surface area contributed by atoms with E-state index in [2.05, 4.69) is 24.1 Å². The molecule has 0 aliphatic heterocycles. The molecule has 9 heavy (non-hydrogen) atoms. The van der Waals surface area contributed by atoms with Gasteiger partial charge in [-0.2, -0.15) is 0 Å². The van der Waals surface area contributed by atoms with Gasteiger partial charge in [0.1, 0.15) is 0 Å². The lowest BCUT2D eigenvalue weighted by atomic mass is 10.2. The maximum atomic E-state index is 4.04. The second kappa shape index (κ2) is 5.54. The van der Waals surface area contributed by atoms with Gasteiger partial charge in [0.05, 0.1) is 0 Å². The first-order valence-corrected chi connectivity index (χ1v) is 3.34. The second-order valence-electron chi connectivity index (χ2n) is 2.07. The molecule has 0 spiro atoms. The molecule has 1 nitrogen and oxygen atoms in total. The number of aliphatic imine (C=N–C) groups is 1. The third kappa shape index (κ3) is 5.28. The van der Waals surface area contributed by atoms with Crippen LogP contribution in [0.15, 0.2) is 17.1 Å². The summed E-state index contributed by atoms with van der Waals surface area (Å²) in [6.45, 7) is 4.10. The molecule has 1 heteroatoms. The van der Waals surface area contributed by atoms with Crippen molar-refractivity contribution >= 4 is 5.71 Å². The van der Waals surface area contributed by atoms with Gasteiger partial charge in [-0.15, -0.1) is 0 Å². The van der Waals surface area contributed by atoms with Crippen LogP contribution in [-0.4, -0.2) is 12.8 Å². The Balaban J connectivity index is 3.28. The van der Waals surface area contributed by atoms with Crippen LogP contribution in [0.2, 0.25) is 0 Å². The van der Waals surface area contributed by atoms with Crippen LogP contribution in [0.4, 0.5) is 0 Å². The first kappa shape index (κ1) is 8.41. The first-order valence-electron chi connectivity index (χ1n) is 3.34. The molecule has 0 aromatic carbocycles. The lowest BCUT2D eigenvalue weighted by molar-refractivity contribution is 1.08. The lowest BCUT2D eigenvalue weighted by Crippen LogP contribution is -1.87. The van der Waals surface area contributed by atoms with Gasteiger partial charge in [0, 0.05) is 12.8 Å². The van der Waals surface area contributed by atoms with Crippen LogP contribution in [0.1, 0.15) is 26.7 Å². The van der Waals surface area contributed by atoms with Crippen LogP contribution in [0.5, 0.6) is 0 Å². The zero-order chi connectivity index (χ0) is 7.11. The van der Waals surface area contributed by atoms with Crippen molar-refractivity contribution in [1.29, 1.82) is 0 Å². The Labute approximate surface area is 57.5 Å². The summed E-state index contributed by atoms with van der Waals surface area (Å²) >= 11 is 0. The largest absolute Gasteiger partial charge is 0.298 e. The highest BCUT2D eigenvalue weighted by Crippen LogP contribution is 1.92. The summed E-state index contributed by atoms with van der Waals surface area (Å²) in [6, 6.07) is 0. The zero-order valence-electron chi connectivity index (χ0n) is 6.52. The van der Waals surface area contributed by atoms with Crippen LogP contribution in [0, 0.1) is 0 Å². The van der Waals surface area contributed by atoms with Crippen molar-refractivity contribution in [2.24, 2.45) is 4.99 Å². The van der Waals surface area contributed by atoms with Crippen molar-refractivity contribution in [3.63, 3.8) is 0 Å². The third-order valence-corrected chi connectivity index (χ3v) is 1.29. The van der Waals surface area contributed by atoms with Crippen molar-refractivity contribution in [3.05, 3.63) is 12.2 Å². The molecule has 0 aliphatic carbocycles. The Kier molecular flexibility index (Phi) is 5.18. The quantitative estimate of drug-likeness (QED) is 0.406. The van der Waals surface area contributed by atoms with Gasteiger partial charge < -0.3 is 0 Å². The smallest absolute Gasteiger partial charge is 0.0276 e. The molecule has 0 fully saturated rings. The molecular formula is C8H15N. The van der Waals surface area contributed by atoms with Crippen molar-refractivity contribution in [2.75, 3.05) is 7.05 Å². The maximum absolute atomic E-state index is 4.04. The molecule has 0 radical (unpaired) electrons. The molecule has 0 N–H and O–H groups in total. The minimum atomic E-state index is 1.10. The van der Waals surface area contributed by atoms with E-state index in [0.717, 1.165) is 12.8 Å². The molecule has 0 aromatic heterocycles. The first-order chi connectivity index (χ1) is 4.31. The van der Waals surface area contributed by atoms with Crippen LogP contribution in [0.25, 0.3) is 0 Å². The molecule has 0 saturated carbocycles. The average molecular weight is 125 g/mol. The van der Waals surface area contributed by atoms with Gasteiger partial charge in [-0.1, -0.05) is 12.2 Å². The summed E-state index contributed by atoms with van der Waals surface area (Å²) in [6.07, 6.45) is 6.46. The van der Waals surface area contributed by atoms with Gasteiger partial charge >= 0.3 is 0 Å². The summed E-state index contributed by atoms with van der Waals surface area (Å²) in [5.74, 6) is 0. The Morgan fingerprint density at radius 2 is 2.22 bits per heavy atom. The van der Waals surface area contributed by atoms with Crippen molar-refractivity contribution < 1.29 is 0 Å². The SMILES string of the molecule is CC=CCCC(C)=NC. The van der Waals surface area contributed by atoms with Crippen molar-refractivity contribution in [3.8, 4) is 0 Å². The molecule has 0 aliphatic rings. The highest BCUT2D eigenvalue weighted by atomic mass is 14.7. The molecule has 0 heterocycles. The van der Waals surface area contributed by atoms with E-state index < -0.39 is 0 Å². The zero-order valence-corrected chi connectivity index (χ0v) is 6.52. The fourth-order valence-electron chi connectivity index (χ4n) is 0.571. The van der Waals surface area contributed by atoms with Gasteiger partial charge in [-0.25, -0.2) is 0 Å². The fourth-order valence-corrected chi connectivity index (χ4v) is 0.571. The molecular weight excluding hydrogens is 110 g/mol. The number of nitrogens with zero attached hydrogens (tertiary/aromatic N) is 1. The summed E-state index contributed by atoms with van der Waals surface area (Å²) in [5.41, 5.74) is 1.23. The summed E-state index contributed by atoms with van der Waals surface area (Å²) in [4.78, 5) is 4.04. The van der Waals surface area contributed by atoms with E-state index in [1.165, 1.54) is 5.71 Å². The summed E-state index contributed by atoms with van der Waals surface area (Å²) < 4.78 is 0. The number of allylic oxidation sites excluding steroid dienone is 2. The normalized spacial score (nSPS) is 13.0. The molecule has 0 atom stereocenters. The second-order valence-corrected chi connectivity index (χ2v) is 2.07. The van der Waals surface area contributed by atoms with E-state index in [-0.39, 0.29) is 0 Å². The highest BCUT2D eigenvalue weighted by Gasteiger charge is 1.84. The van der Waals surface area contributed by atoms with Crippen LogP contribution in [0.3, 0.4) is 0 Å². The monoisotopic (exact) mass is 125 g/mol. The van der Waals surface area contributed by atoms with E-state index in [4.69, 9.17) is 0 Å². The lowest BCUT2D eigenvalue weighted by Gasteiger charge is -1.91. The van der Waals surface area contributed by atoms with Gasteiger partial charge in [0.15, 0.2) is 0 Å². The van der Waals surface area contributed by atoms with Crippen LogP contribution < -0.4 is 0 Å². The topological polar surface area (TPSA) is 12.4 Å². The highest BCUT2D eigenvalue weighted by molar-refractivity contribution is 5.81. The number of rotatable bonds is 3. The molecule has 0 unspecified atom stereocenters. The van der Waals surface area contributed by atoms with E-state index >= 15 is 0 Å². The van der Waals surface area contributed by atoms with E-state index in [1.807, 2.05) is 14.0 Å². The standard InChI is InChI=1S/C8H15N/c1-4-5-6-7-8(2)9-3/h4-5H,6-7H2,1-3H3. The Morgan fingerprint density at radius 3 is 2.67 bits per heavy atom.